The summed E-state index contributed by atoms with van der Waals surface area (Å²) in [7, 11) is 0. The van der Waals surface area contributed by atoms with Crippen molar-refractivity contribution in [1.29, 1.82) is 10.5 Å². The maximum Gasteiger partial charge on any atom is 0.0991 e. The smallest absolute Gasteiger partial charge is 0.0991 e. The summed E-state index contributed by atoms with van der Waals surface area (Å²) in [6, 6.07) is 34.9. The van der Waals surface area contributed by atoms with Gasteiger partial charge in [-0.2, -0.15) is 10.5 Å². The molecule has 2 unspecified atom stereocenters. The molecule has 2 atom stereocenters. The lowest BCUT2D eigenvalue weighted by atomic mass is 9.64. The summed E-state index contributed by atoms with van der Waals surface area (Å²) in [5.74, 6) is -0.176. The van der Waals surface area contributed by atoms with E-state index in [0.29, 0.717) is 12.0 Å². The third-order valence-corrected chi connectivity index (χ3v) is 8.29. The number of nitriles is 2. The highest BCUT2D eigenvalue weighted by atomic mass is 15.0. The first-order chi connectivity index (χ1) is 17.8. The van der Waals surface area contributed by atoms with Crippen molar-refractivity contribution in [3.63, 3.8) is 0 Å². The van der Waals surface area contributed by atoms with Gasteiger partial charge in [0.05, 0.1) is 45.8 Å². The number of rotatable bonds is 0. The van der Waals surface area contributed by atoms with Crippen molar-refractivity contribution in [2.45, 2.75) is 11.8 Å². The maximum absolute atomic E-state index is 9.93. The van der Waals surface area contributed by atoms with Gasteiger partial charge in [-0.3, -0.25) is 0 Å². The molecule has 0 N–H and O–H groups in total. The third kappa shape index (κ3) is 2.09. The number of allylic oxidation sites excluding steroid dienone is 4. The zero-order valence-electron chi connectivity index (χ0n) is 19.4. The van der Waals surface area contributed by atoms with Crippen molar-refractivity contribution in [2.24, 2.45) is 5.92 Å². The lowest BCUT2D eigenvalue weighted by molar-refractivity contribution is 0.723. The van der Waals surface area contributed by atoms with Crippen molar-refractivity contribution in [1.82, 2.24) is 4.57 Å². The number of fused-ring (bicyclic) bond motifs is 12. The van der Waals surface area contributed by atoms with Gasteiger partial charge in [0, 0.05) is 10.8 Å². The molecule has 0 saturated carbocycles. The summed E-state index contributed by atoms with van der Waals surface area (Å²) in [4.78, 5) is 0. The van der Waals surface area contributed by atoms with E-state index in [1.807, 2.05) is 12.1 Å². The highest BCUT2D eigenvalue weighted by Gasteiger charge is 2.53. The van der Waals surface area contributed by atoms with E-state index in [-0.39, 0.29) is 5.92 Å². The van der Waals surface area contributed by atoms with Crippen LogP contribution < -0.4 is 0 Å². The predicted molar refractivity (Wildman–Crippen MR) is 142 cm³/mol. The summed E-state index contributed by atoms with van der Waals surface area (Å²) < 4.78 is 2.41. The molecule has 36 heavy (non-hydrogen) atoms. The second-order valence-corrected chi connectivity index (χ2v) is 9.86. The molecule has 4 aromatic carbocycles. The molecule has 8 rings (SSSR count). The molecule has 0 fully saturated rings. The fraction of sp³-hybridized carbons (Fsp3) is 0.0909. The first-order valence-corrected chi connectivity index (χ1v) is 12.3. The van der Waals surface area contributed by atoms with Crippen LogP contribution in [-0.4, -0.2) is 4.57 Å². The van der Waals surface area contributed by atoms with E-state index in [4.69, 9.17) is 0 Å². The lowest BCUT2D eigenvalue weighted by Gasteiger charge is -2.40. The Morgan fingerprint density at radius 3 is 2.50 bits per heavy atom. The van der Waals surface area contributed by atoms with Gasteiger partial charge in [0.2, 0.25) is 0 Å². The van der Waals surface area contributed by atoms with E-state index in [2.05, 4.69) is 102 Å². The van der Waals surface area contributed by atoms with Crippen molar-refractivity contribution < 1.29 is 0 Å². The van der Waals surface area contributed by atoms with Crippen LogP contribution in [0.15, 0.2) is 103 Å². The van der Waals surface area contributed by atoms with Crippen LogP contribution in [-0.2, 0) is 5.41 Å². The molecule has 5 aromatic rings. The average molecular weight is 458 g/mol. The van der Waals surface area contributed by atoms with Gasteiger partial charge in [0.15, 0.2) is 0 Å². The summed E-state index contributed by atoms with van der Waals surface area (Å²) in [5, 5.41) is 22.1. The van der Waals surface area contributed by atoms with Gasteiger partial charge >= 0.3 is 0 Å². The molecule has 3 nitrogen and oxygen atoms in total. The summed E-state index contributed by atoms with van der Waals surface area (Å²) in [5.41, 5.74) is 10.8. The monoisotopic (exact) mass is 457 g/mol. The standard InChI is InChI=1S/C33H19N3/c34-18-20-13-15-26-25(16-20)22-14-12-21(19-35)17-29(22)33(26)27-8-2-4-11-31(27)36-30-10-3-1-6-23(30)24-7-5-9-28(33)32(24)36/h1-11,13-17,21H,12H2. The summed E-state index contributed by atoms with van der Waals surface area (Å²) >= 11 is 0. The predicted octanol–water partition coefficient (Wildman–Crippen LogP) is 7.17. The molecule has 2 aliphatic carbocycles. The molecule has 1 spiro atoms. The van der Waals surface area contributed by atoms with Gasteiger partial charge < -0.3 is 4.57 Å². The van der Waals surface area contributed by atoms with Crippen LogP contribution in [0.4, 0.5) is 0 Å². The fourth-order valence-corrected chi connectivity index (χ4v) is 6.98. The number of hydrogen-bond donors (Lipinski definition) is 0. The van der Waals surface area contributed by atoms with E-state index in [1.54, 1.807) is 0 Å². The summed E-state index contributed by atoms with van der Waals surface area (Å²) in [6.45, 7) is 0. The molecule has 166 valence electrons. The topological polar surface area (TPSA) is 52.5 Å². The molecule has 1 aromatic heterocycles. The minimum Gasteiger partial charge on any atom is -0.309 e. The molecule has 0 radical (unpaired) electrons. The number of para-hydroxylation sites is 3. The normalized spacial score (nSPS) is 20.8. The Morgan fingerprint density at radius 1 is 0.806 bits per heavy atom. The Bertz CT molecular complexity index is 1950. The second-order valence-electron chi connectivity index (χ2n) is 9.86. The van der Waals surface area contributed by atoms with Gasteiger partial charge in [-0.15, -0.1) is 0 Å². The van der Waals surface area contributed by atoms with Crippen LogP contribution in [0, 0.1) is 28.6 Å². The summed E-state index contributed by atoms with van der Waals surface area (Å²) in [6.07, 6.45) is 5.09. The van der Waals surface area contributed by atoms with E-state index in [0.717, 1.165) is 11.1 Å². The average Bonchev–Trinajstić information content (AvgIpc) is 3.43. The van der Waals surface area contributed by atoms with Crippen molar-refractivity contribution in [2.75, 3.05) is 0 Å². The molecular formula is C33H19N3. The molecule has 3 heteroatoms. The van der Waals surface area contributed by atoms with Crippen LogP contribution in [0.1, 0.15) is 34.2 Å². The van der Waals surface area contributed by atoms with Crippen molar-refractivity contribution >= 4 is 27.4 Å². The molecule has 0 bridgehead atoms. The molecule has 0 amide bonds. The van der Waals surface area contributed by atoms with Crippen molar-refractivity contribution in [3.8, 4) is 17.8 Å². The third-order valence-electron chi connectivity index (χ3n) is 8.29. The highest BCUT2D eigenvalue weighted by molar-refractivity contribution is 6.13. The van der Waals surface area contributed by atoms with E-state index in [9.17, 15) is 10.5 Å². The van der Waals surface area contributed by atoms with Crippen LogP contribution in [0.25, 0.3) is 33.1 Å². The lowest BCUT2D eigenvalue weighted by Crippen LogP contribution is -2.34. The Balaban J connectivity index is 1.64. The molecular weight excluding hydrogens is 438 g/mol. The molecule has 2 heterocycles. The van der Waals surface area contributed by atoms with E-state index in [1.165, 1.54) is 49.8 Å². The first kappa shape index (κ1) is 19.4. The van der Waals surface area contributed by atoms with Crippen LogP contribution >= 0.6 is 0 Å². The van der Waals surface area contributed by atoms with Gasteiger partial charge in [0.1, 0.15) is 0 Å². The largest absolute Gasteiger partial charge is 0.309 e. The van der Waals surface area contributed by atoms with Gasteiger partial charge in [-0.25, -0.2) is 0 Å². The van der Waals surface area contributed by atoms with Gasteiger partial charge in [0.25, 0.3) is 0 Å². The van der Waals surface area contributed by atoms with E-state index >= 15 is 0 Å². The SMILES string of the molecule is N#Cc1ccc2c(c1)C1=CCC(C#N)C=C1C21c2ccccc2-n2c3ccccc3c3cccc1c32. The number of benzene rings is 4. The quantitative estimate of drug-likeness (QED) is 0.247. The Labute approximate surface area is 208 Å². The van der Waals surface area contributed by atoms with Crippen LogP contribution in [0.2, 0.25) is 0 Å². The van der Waals surface area contributed by atoms with Crippen LogP contribution in [0.3, 0.4) is 0 Å². The molecule has 1 aliphatic heterocycles. The fourth-order valence-electron chi connectivity index (χ4n) is 6.98. The minimum atomic E-state index is -0.550. The number of hydrogen-bond acceptors (Lipinski definition) is 2. The zero-order valence-corrected chi connectivity index (χ0v) is 19.4. The first-order valence-electron chi connectivity index (χ1n) is 12.3. The molecule has 0 saturated heterocycles. The number of aromatic nitrogens is 1. The van der Waals surface area contributed by atoms with Crippen molar-refractivity contribution in [3.05, 3.63) is 130 Å². The van der Waals surface area contributed by atoms with E-state index < -0.39 is 5.41 Å². The molecule has 3 aliphatic rings. The Morgan fingerprint density at radius 2 is 1.61 bits per heavy atom. The Kier molecular flexibility index (Phi) is 3.58. The minimum absolute atomic E-state index is 0.176. The highest BCUT2D eigenvalue weighted by Crippen LogP contribution is 2.62. The Hall–Kier alpha value is -4.86. The van der Waals surface area contributed by atoms with Gasteiger partial charge in [-0.05, 0) is 64.1 Å². The zero-order chi connectivity index (χ0) is 24.0. The second kappa shape index (κ2) is 6.63. The maximum atomic E-state index is 9.93. The number of nitrogens with zero attached hydrogens (tertiary/aromatic N) is 3. The van der Waals surface area contributed by atoms with Crippen LogP contribution in [0.5, 0.6) is 0 Å². The van der Waals surface area contributed by atoms with Gasteiger partial charge in [-0.1, -0.05) is 72.8 Å².